The summed E-state index contributed by atoms with van der Waals surface area (Å²) < 4.78 is 2.14. The summed E-state index contributed by atoms with van der Waals surface area (Å²) in [7, 11) is 0. The number of carbonyl (C=O) groups is 1. The minimum absolute atomic E-state index is 0.191. The summed E-state index contributed by atoms with van der Waals surface area (Å²) in [5.41, 5.74) is 4.37. The van der Waals surface area contributed by atoms with Crippen molar-refractivity contribution < 1.29 is 4.79 Å². The van der Waals surface area contributed by atoms with E-state index >= 15 is 0 Å². The van der Waals surface area contributed by atoms with E-state index in [0.29, 0.717) is 6.42 Å². The molecule has 0 atom stereocenters. The fourth-order valence-corrected chi connectivity index (χ4v) is 2.72. The van der Waals surface area contributed by atoms with Crippen molar-refractivity contribution in [2.45, 2.75) is 39.0 Å². The van der Waals surface area contributed by atoms with E-state index in [1.54, 1.807) is 0 Å². The third-order valence-electron chi connectivity index (χ3n) is 3.80. The Labute approximate surface area is 113 Å². The zero-order valence-corrected chi connectivity index (χ0v) is 11.2. The van der Waals surface area contributed by atoms with Crippen molar-refractivity contribution in [1.29, 1.82) is 0 Å². The summed E-state index contributed by atoms with van der Waals surface area (Å²) >= 11 is 0. The fourth-order valence-electron chi connectivity index (χ4n) is 2.72. The lowest BCUT2D eigenvalue weighted by atomic mass is 10.0. The number of aryl methyl sites for hydroxylation is 1. The molecule has 1 aromatic heterocycles. The summed E-state index contributed by atoms with van der Waals surface area (Å²) in [6.07, 6.45) is 7.07. The topological polar surface area (TPSA) is 34.9 Å². The summed E-state index contributed by atoms with van der Waals surface area (Å²) in [6, 6.07) is 7.86. The Bertz CT molecular complexity index is 613. The lowest BCUT2D eigenvalue weighted by molar-refractivity contribution is 0.0988. The van der Waals surface area contributed by atoms with Crippen molar-refractivity contribution in [2.75, 3.05) is 0 Å². The molecule has 1 aliphatic rings. The van der Waals surface area contributed by atoms with Crippen LogP contribution in [0.15, 0.2) is 30.6 Å². The minimum atomic E-state index is 0.191. The Kier molecular flexibility index (Phi) is 3.20. The number of rotatable bonds is 3. The third-order valence-corrected chi connectivity index (χ3v) is 3.80. The van der Waals surface area contributed by atoms with E-state index in [0.717, 1.165) is 24.1 Å². The summed E-state index contributed by atoms with van der Waals surface area (Å²) in [5, 5.41) is 0. The van der Waals surface area contributed by atoms with Gasteiger partial charge in [0.1, 0.15) is 0 Å². The number of ketones is 1. The molecule has 1 aromatic carbocycles. The average molecular weight is 254 g/mol. The Hall–Kier alpha value is -1.90. The Morgan fingerprint density at radius 3 is 3.00 bits per heavy atom. The van der Waals surface area contributed by atoms with Crippen LogP contribution in [0.25, 0.3) is 5.69 Å². The van der Waals surface area contributed by atoms with Crippen LogP contribution in [0.5, 0.6) is 0 Å². The van der Waals surface area contributed by atoms with E-state index in [-0.39, 0.29) is 5.78 Å². The predicted octanol–water partition coefficient (Wildman–Crippen LogP) is 3.34. The molecule has 0 unspecified atom stereocenters. The summed E-state index contributed by atoms with van der Waals surface area (Å²) in [5.74, 6) is 0.191. The van der Waals surface area contributed by atoms with Gasteiger partial charge in [-0.05, 0) is 37.8 Å². The molecule has 0 saturated heterocycles. The van der Waals surface area contributed by atoms with E-state index in [2.05, 4.69) is 9.55 Å². The largest absolute Gasteiger partial charge is 0.303 e. The second-order valence-corrected chi connectivity index (χ2v) is 5.04. The van der Waals surface area contributed by atoms with Gasteiger partial charge in [-0.15, -0.1) is 0 Å². The lowest BCUT2D eigenvalue weighted by Crippen LogP contribution is -2.07. The molecule has 0 spiro atoms. The number of fused-ring (bicyclic) bond motifs is 1. The average Bonchev–Trinajstić information content (AvgIpc) is 2.90. The highest BCUT2D eigenvalue weighted by molar-refractivity contribution is 5.96. The quantitative estimate of drug-likeness (QED) is 0.787. The Morgan fingerprint density at radius 1 is 1.32 bits per heavy atom. The van der Waals surface area contributed by atoms with Crippen molar-refractivity contribution in [3.8, 4) is 5.69 Å². The third kappa shape index (κ3) is 2.21. The number of benzene rings is 1. The maximum Gasteiger partial charge on any atom is 0.162 e. The van der Waals surface area contributed by atoms with Gasteiger partial charge in [-0.2, -0.15) is 0 Å². The van der Waals surface area contributed by atoms with Crippen LogP contribution in [0.1, 0.15) is 47.9 Å². The molecular formula is C16H18N2O. The Morgan fingerprint density at radius 2 is 2.16 bits per heavy atom. The first kappa shape index (κ1) is 12.2. The first-order valence-corrected chi connectivity index (χ1v) is 6.98. The zero-order chi connectivity index (χ0) is 13.2. The maximum atomic E-state index is 11.8. The van der Waals surface area contributed by atoms with Gasteiger partial charge in [-0.1, -0.05) is 19.1 Å². The number of imidazole rings is 1. The van der Waals surface area contributed by atoms with E-state index in [9.17, 15) is 4.79 Å². The van der Waals surface area contributed by atoms with Crippen LogP contribution in [0.3, 0.4) is 0 Å². The molecule has 1 aliphatic carbocycles. The van der Waals surface area contributed by atoms with Crippen molar-refractivity contribution in [3.63, 3.8) is 0 Å². The molecule has 0 fully saturated rings. The lowest BCUT2D eigenvalue weighted by Gasteiger charge is -2.14. The normalized spacial score (nSPS) is 14.2. The maximum absolute atomic E-state index is 11.8. The van der Waals surface area contributed by atoms with Gasteiger partial charge in [-0.3, -0.25) is 4.79 Å². The summed E-state index contributed by atoms with van der Waals surface area (Å²) in [4.78, 5) is 16.3. The number of hydrogen-bond acceptors (Lipinski definition) is 2. The van der Waals surface area contributed by atoms with Crippen LogP contribution >= 0.6 is 0 Å². The monoisotopic (exact) mass is 254 g/mol. The highest BCUT2D eigenvalue weighted by atomic mass is 16.1. The molecule has 2 aromatic rings. The number of aromatic nitrogens is 2. The standard InChI is InChI=1S/C16H18N2O/c1-2-16(19)12-6-5-7-13(10-12)18-11-17-14-8-3-4-9-15(14)18/h5-7,10-11H,2-4,8-9H2,1H3. The highest BCUT2D eigenvalue weighted by Crippen LogP contribution is 2.23. The fraction of sp³-hybridized carbons (Fsp3) is 0.375. The minimum Gasteiger partial charge on any atom is -0.303 e. The van der Waals surface area contributed by atoms with Gasteiger partial charge in [-0.25, -0.2) is 4.98 Å². The van der Waals surface area contributed by atoms with Gasteiger partial charge < -0.3 is 4.57 Å². The number of carbonyl (C=O) groups excluding carboxylic acids is 1. The predicted molar refractivity (Wildman–Crippen MR) is 74.8 cm³/mol. The van der Waals surface area contributed by atoms with Crippen LogP contribution in [0.4, 0.5) is 0 Å². The van der Waals surface area contributed by atoms with Crippen molar-refractivity contribution in [3.05, 3.63) is 47.5 Å². The van der Waals surface area contributed by atoms with Gasteiger partial charge >= 0.3 is 0 Å². The van der Waals surface area contributed by atoms with Gasteiger partial charge in [0.15, 0.2) is 5.78 Å². The molecule has 0 radical (unpaired) electrons. The van der Waals surface area contributed by atoms with Gasteiger partial charge in [0.25, 0.3) is 0 Å². The van der Waals surface area contributed by atoms with Crippen molar-refractivity contribution in [2.24, 2.45) is 0 Å². The SMILES string of the molecule is CCC(=O)c1cccc(-n2cnc3c2CCCC3)c1. The van der Waals surface area contributed by atoms with Crippen molar-refractivity contribution in [1.82, 2.24) is 9.55 Å². The molecule has 0 bridgehead atoms. The molecule has 0 aliphatic heterocycles. The molecular weight excluding hydrogens is 236 g/mol. The van der Waals surface area contributed by atoms with Gasteiger partial charge in [0.05, 0.1) is 12.0 Å². The highest BCUT2D eigenvalue weighted by Gasteiger charge is 2.16. The smallest absolute Gasteiger partial charge is 0.162 e. The molecule has 3 nitrogen and oxygen atoms in total. The van der Waals surface area contributed by atoms with E-state index in [1.165, 1.54) is 24.2 Å². The molecule has 3 heteroatoms. The van der Waals surface area contributed by atoms with Crippen LogP contribution in [-0.2, 0) is 12.8 Å². The first-order valence-electron chi connectivity index (χ1n) is 6.98. The van der Waals surface area contributed by atoms with Crippen LogP contribution in [0, 0.1) is 0 Å². The molecule has 19 heavy (non-hydrogen) atoms. The Balaban J connectivity index is 2.02. The van der Waals surface area contributed by atoms with E-state index in [1.807, 2.05) is 37.5 Å². The molecule has 0 saturated carbocycles. The number of nitrogens with zero attached hydrogens (tertiary/aromatic N) is 2. The summed E-state index contributed by atoms with van der Waals surface area (Å²) in [6.45, 7) is 1.90. The van der Waals surface area contributed by atoms with Gasteiger partial charge in [0, 0.05) is 23.4 Å². The van der Waals surface area contributed by atoms with E-state index in [4.69, 9.17) is 0 Å². The second kappa shape index (κ2) is 5.00. The number of hydrogen-bond donors (Lipinski definition) is 0. The molecule has 98 valence electrons. The number of Topliss-reactive ketones (excluding diaryl/α,β-unsaturated/α-hetero) is 1. The van der Waals surface area contributed by atoms with E-state index < -0.39 is 0 Å². The molecule has 0 N–H and O–H groups in total. The first-order chi connectivity index (χ1) is 9.29. The van der Waals surface area contributed by atoms with Gasteiger partial charge in [0.2, 0.25) is 0 Å². The molecule has 1 heterocycles. The van der Waals surface area contributed by atoms with Crippen molar-refractivity contribution >= 4 is 5.78 Å². The molecule has 0 amide bonds. The van der Waals surface area contributed by atoms with Crippen LogP contribution < -0.4 is 0 Å². The van der Waals surface area contributed by atoms with Crippen LogP contribution in [-0.4, -0.2) is 15.3 Å². The second-order valence-electron chi connectivity index (χ2n) is 5.04. The zero-order valence-electron chi connectivity index (χ0n) is 11.2. The molecule has 3 rings (SSSR count). The van der Waals surface area contributed by atoms with Crippen LogP contribution in [0.2, 0.25) is 0 Å².